The Labute approximate surface area is 127 Å². The van der Waals surface area contributed by atoms with Crippen LogP contribution < -0.4 is 16.0 Å². The SMILES string of the molecule is CCCC[C@H](N)C(=O)Nc1ccc(N2CCCC2)cc1C. The highest BCUT2D eigenvalue weighted by Crippen LogP contribution is 2.25. The summed E-state index contributed by atoms with van der Waals surface area (Å²) in [7, 11) is 0. The molecule has 0 aromatic heterocycles. The molecule has 1 aliphatic heterocycles. The molecule has 0 spiro atoms. The Balaban J connectivity index is 1.98. The lowest BCUT2D eigenvalue weighted by Gasteiger charge is -2.20. The van der Waals surface area contributed by atoms with E-state index < -0.39 is 6.04 Å². The molecule has 4 nitrogen and oxygen atoms in total. The lowest BCUT2D eigenvalue weighted by atomic mass is 10.1. The van der Waals surface area contributed by atoms with Gasteiger partial charge in [0.05, 0.1) is 6.04 Å². The number of hydrogen-bond donors (Lipinski definition) is 2. The molecule has 1 amide bonds. The molecule has 1 aliphatic rings. The van der Waals surface area contributed by atoms with E-state index >= 15 is 0 Å². The number of benzene rings is 1. The van der Waals surface area contributed by atoms with Gasteiger partial charge in [-0.05, 0) is 49.9 Å². The van der Waals surface area contributed by atoms with Crippen LogP contribution in [0.2, 0.25) is 0 Å². The minimum atomic E-state index is -0.414. The lowest BCUT2D eigenvalue weighted by Crippen LogP contribution is -2.35. The first-order chi connectivity index (χ1) is 10.1. The van der Waals surface area contributed by atoms with Gasteiger partial charge in [-0.25, -0.2) is 0 Å². The van der Waals surface area contributed by atoms with Crippen LogP contribution in [-0.2, 0) is 4.79 Å². The van der Waals surface area contributed by atoms with Crippen LogP contribution in [-0.4, -0.2) is 25.0 Å². The van der Waals surface area contributed by atoms with Gasteiger partial charge in [0.1, 0.15) is 0 Å². The van der Waals surface area contributed by atoms with Crippen LogP contribution >= 0.6 is 0 Å². The standard InChI is InChI=1S/C17H27N3O/c1-3-4-7-15(18)17(21)19-16-9-8-14(12-13(16)2)20-10-5-6-11-20/h8-9,12,15H,3-7,10-11,18H2,1-2H3,(H,19,21)/t15-/m0/s1. The van der Waals surface area contributed by atoms with Gasteiger partial charge in [-0.2, -0.15) is 0 Å². The minimum Gasteiger partial charge on any atom is -0.372 e. The number of carbonyl (C=O) groups is 1. The maximum atomic E-state index is 12.1. The highest BCUT2D eigenvalue weighted by molar-refractivity contribution is 5.95. The van der Waals surface area contributed by atoms with Crippen molar-refractivity contribution < 1.29 is 4.79 Å². The van der Waals surface area contributed by atoms with E-state index in [0.717, 1.165) is 43.6 Å². The first-order valence-electron chi connectivity index (χ1n) is 8.04. The van der Waals surface area contributed by atoms with Gasteiger partial charge >= 0.3 is 0 Å². The third-order valence-electron chi connectivity index (χ3n) is 4.14. The fraction of sp³-hybridized carbons (Fsp3) is 0.588. The number of rotatable bonds is 6. The van der Waals surface area contributed by atoms with E-state index in [-0.39, 0.29) is 5.91 Å². The summed E-state index contributed by atoms with van der Waals surface area (Å²) in [5.74, 6) is -0.0829. The molecule has 3 N–H and O–H groups in total. The largest absolute Gasteiger partial charge is 0.372 e. The molecular formula is C17H27N3O. The summed E-state index contributed by atoms with van der Waals surface area (Å²) in [5, 5.41) is 2.95. The van der Waals surface area contributed by atoms with E-state index in [2.05, 4.69) is 29.3 Å². The summed E-state index contributed by atoms with van der Waals surface area (Å²) in [4.78, 5) is 14.5. The molecule has 1 heterocycles. The second-order valence-electron chi connectivity index (χ2n) is 5.93. The predicted octanol–water partition coefficient (Wildman–Crippen LogP) is 3.05. The summed E-state index contributed by atoms with van der Waals surface area (Å²) in [6.45, 7) is 6.40. The van der Waals surface area contributed by atoms with Crippen LogP contribution in [0.4, 0.5) is 11.4 Å². The Hall–Kier alpha value is -1.55. The molecule has 1 aromatic rings. The normalized spacial score (nSPS) is 16.0. The number of anilines is 2. The first-order valence-corrected chi connectivity index (χ1v) is 8.04. The zero-order valence-corrected chi connectivity index (χ0v) is 13.2. The molecule has 0 unspecified atom stereocenters. The Kier molecular flexibility index (Phi) is 5.62. The van der Waals surface area contributed by atoms with Crippen molar-refractivity contribution in [1.82, 2.24) is 0 Å². The van der Waals surface area contributed by atoms with Crippen molar-refractivity contribution in [3.05, 3.63) is 23.8 Å². The van der Waals surface area contributed by atoms with Gasteiger partial charge in [0.2, 0.25) is 5.91 Å². The van der Waals surface area contributed by atoms with Crippen LogP contribution in [0.3, 0.4) is 0 Å². The van der Waals surface area contributed by atoms with Gasteiger partial charge in [0.25, 0.3) is 0 Å². The van der Waals surface area contributed by atoms with Crippen molar-refractivity contribution in [2.45, 2.75) is 52.0 Å². The molecule has 0 radical (unpaired) electrons. The van der Waals surface area contributed by atoms with Crippen LogP contribution in [0.5, 0.6) is 0 Å². The number of carbonyl (C=O) groups excluding carboxylic acids is 1. The van der Waals surface area contributed by atoms with E-state index in [1.807, 2.05) is 13.0 Å². The quantitative estimate of drug-likeness (QED) is 0.846. The zero-order chi connectivity index (χ0) is 15.2. The van der Waals surface area contributed by atoms with Gasteiger partial charge in [-0.15, -0.1) is 0 Å². The van der Waals surface area contributed by atoms with E-state index in [1.165, 1.54) is 18.5 Å². The van der Waals surface area contributed by atoms with Gasteiger partial charge in [-0.1, -0.05) is 19.8 Å². The maximum Gasteiger partial charge on any atom is 0.241 e. The molecule has 1 aromatic carbocycles. The molecule has 2 rings (SSSR count). The number of hydrogen-bond acceptors (Lipinski definition) is 3. The molecule has 1 saturated heterocycles. The monoisotopic (exact) mass is 289 g/mol. The van der Waals surface area contributed by atoms with Crippen molar-refractivity contribution in [2.24, 2.45) is 5.73 Å². The van der Waals surface area contributed by atoms with E-state index in [4.69, 9.17) is 5.73 Å². The van der Waals surface area contributed by atoms with Crippen molar-refractivity contribution in [1.29, 1.82) is 0 Å². The third kappa shape index (κ3) is 4.21. The third-order valence-corrected chi connectivity index (χ3v) is 4.14. The van der Waals surface area contributed by atoms with Gasteiger partial charge in [-0.3, -0.25) is 4.79 Å². The summed E-state index contributed by atoms with van der Waals surface area (Å²) < 4.78 is 0. The average Bonchev–Trinajstić information content (AvgIpc) is 3.00. The van der Waals surface area contributed by atoms with E-state index in [0.29, 0.717) is 0 Å². The van der Waals surface area contributed by atoms with E-state index in [1.54, 1.807) is 0 Å². The summed E-state index contributed by atoms with van der Waals surface area (Å²) in [5.41, 5.74) is 9.12. The molecule has 21 heavy (non-hydrogen) atoms. The van der Waals surface area contributed by atoms with Crippen molar-refractivity contribution in [3.8, 4) is 0 Å². The molecule has 4 heteroatoms. The molecule has 0 saturated carbocycles. The molecule has 116 valence electrons. The molecule has 1 fully saturated rings. The van der Waals surface area contributed by atoms with Crippen LogP contribution in [0, 0.1) is 6.92 Å². The summed E-state index contributed by atoms with van der Waals surface area (Å²) >= 11 is 0. The van der Waals surface area contributed by atoms with Gasteiger partial charge < -0.3 is 16.0 Å². The second-order valence-corrected chi connectivity index (χ2v) is 5.93. The van der Waals surface area contributed by atoms with Crippen LogP contribution in [0.1, 0.15) is 44.6 Å². The number of nitrogens with zero attached hydrogens (tertiary/aromatic N) is 1. The summed E-state index contributed by atoms with van der Waals surface area (Å²) in [6, 6.07) is 5.82. The second kappa shape index (κ2) is 7.46. The van der Waals surface area contributed by atoms with Crippen LogP contribution in [0.25, 0.3) is 0 Å². The molecule has 1 atom stereocenters. The minimum absolute atomic E-state index is 0.0829. The summed E-state index contributed by atoms with van der Waals surface area (Å²) in [6.07, 6.45) is 5.33. The fourth-order valence-corrected chi connectivity index (χ4v) is 2.74. The smallest absolute Gasteiger partial charge is 0.241 e. The molecular weight excluding hydrogens is 262 g/mol. The molecule has 0 bridgehead atoms. The number of nitrogens with one attached hydrogen (secondary N) is 1. The number of nitrogens with two attached hydrogens (primary N) is 1. The Morgan fingerprint density at radius 3 is 2.71 bits per heavy atom. The van der Waals surface area contributed by atoms with Gasteiger partial charge in [0, 0.05) is 24.5 Å². The van der Waals surface area contributed by atoms with Crippen molar-refractivity contribution >= 4 is 17.3 Å². The zero-order valence-electron chi connectivity index (χ0n) is 13.2. The Bertz CT molecular complexity index is 481. The molecule has 0 aliphatic carbocycles. The number of amides is 1. The predicted molar refractivity (Wildman–Crippen MR) is 88.8 cm³/mol. The highest BCUT2D eigenvalue weighted by Gasteiger charge is 2.16. The Morgan fingerprint density at radius 2 is 2.10 bits per heavy atom. The lowest BCUT2D eigenvalue weighted by molar-refractivity contribution is -0.117. The van der Waals surface area contributed by atoms with Crippen LogP contribution in [0.15, 0.2) is 18.2 Å². The van der Waals surface area contributed by atoms with Crippen molar-refractivity contribution in [3.63, 3.8) is 0 Å². The number of aryl methyl sites for hydroxylation is 1. The number of unbranched alkanes of at least 4 members (excludes halogenated alkanes) is 1. The highest BCUT2D eigenvalue weighted by atomic mass is 16.2. The average molecular weight is 289 g/mol. The van der Waals surface area contributed by atoms with Crippen molar-refractivity contribution in [2.75, 3.05) is 23.3 Å². The topological polar surface area (TPSA) is 58.4 Å². The first kappa shape index (κ1) is 15.8. The fourth-order valence-electron chi connectivity index (χ4n) is 2.74. The maximum absolute atomic E-state index is 12.1. The Morgan fingerprint density at radius 1 is 1.38 bits per heavy atom. The van der Waals surface area contributed by atoms with Gasteiger partial charge in [0.15, 0.2) is 0 Å². The van der Waals surface area contributed by atoms with E-state index in [9.17, 15) is 4.79 Å².